The number of anilines is 1. The van der Waals surface area contributed by atoms with Gasteiger partial charge in [0.25, 0.3) is 0 Å². The van der Waals surface area contributed by atoms with Crippen molar-refractivity contribution >= 4 is 5.82 Å². The number of methoxy groups -OCH3 is 1. The zero-order valence-corrected chi connectivity index (χ0v) is 11.4. The van der Waals surface area contributed by atoms with E-state index in [0.717, 1.165) is 35.9 Å². The van der Waals surface area contributed by atoms with Gasteiger partial charge in [-0.1, -0.05) is 25.1 Å². The Morgan fingerprint density at radius 2 is 2.05 bits per heavy atom. The molecular weight excluding hydrogens is 238 g/mol. The Kier molecular flexibility index (Phi) is 4.72. The van der Waals surface area contributed by atoms with E-state index in [4.69, 9.17) is 4.74 Å². The number of hydrogen-bond donors (Lipinski definition) is 1. The van der Waals surface area contributed by atoms with Crippen molar-refractivity contribution < 1.29 is 4.74 Å². The zero-order chi connectivity index (χ0) is 13.5. The van der Waals surface area contributed by atoms with Gasteiger partial charge in [-0.15, -0.1) is 0 Å². The summed E-state index contributed by atoms with van der Waals surface area (Å²) in [4.78, 5) is 8.81. The van der Waals surface area contributed by atoms with Crippen LogP contribution in [-0.2, 0) is 6.42 Å². The Morgan fingerprint density at radius 3 is 2.84 bits per heavy atom. The van der Waals surface area contributed by atoms with Crippen LogP contribution in [-0.4, -0.2) is 23.6 Å². The second-order valence-corrected chi connectivity index (χ2v) is 4.27. The maximum Gasteiger partial charge on any atom is 0.135 e. The summed E-state index contributed by atoms with van der Waals surface area (Å²) in [5.41, 5.74) is 1.10. The molecule has 0 unspecified atom stereocenters. The van der Waals surface area contributed by atoms with Crippen LogP contribution in [0.2, 0.25) is 0 Å². The second-order valence-electron chi connectivity index (χ2n) is 4.27. The average Bonchev–Trinajstić information content (AvgIpc) is 2.46. The highest BCUT2D eigenvalue weighted by atomic mass is 16.5. The van der Waals surface area contributed by atoms with Crippen LogP contribution in [0.1, 0.15) is 24.7 Å². The van der Waals surface area contributed by atoms with Crippen molar-refractivity contribution in [3.8, 4) is 5.75 Å². The van der Waals surface area contributed by atoms with Gasteiger partial charge >= 0.3 is 0 Å². The first kappa shape index (κ1) is 13.3. The van der Waals surface area contributed by atoms with Crippen molar-refractivity contribution in [1.29, 1.82) is 0 Å². The number of aromatic nitrogens is 2. The van der Waals surface area contributed by atoms with Crippen LogP contribution in [0, 0.1) is 0 Å². The Hall–Kier alpha value is -2.10. The van der Waals surface area contributed by atoms with Crippen LogP contribution in [0.15, 0.2) is 36.5 Å². The molecule has 0 radical (unpaired) electrons. The minimum atomic E-state index is 0.672. The summed E-state index contributed by atoms with van der Waals surface area (Å²) < 4.78 is 5.34. The van der Waals surface area contributed by atoms with E-state index >= 15 is 0 Å². The molecule has 0 aliphatic carbocycles. The zero-order valence-electron chi connectivity index (χ0n) is 11.4. The van der Waals surface area contributed by atoms with Gasteiger partial charge in [0, 0.05) is 24.7 Å². The van der Waals surface area contributed by atoms with Crippen molar-refractivity contribution in [3.05, 3.63) is 47.9 Å². The fraction of sp³-hybridized carbons (Fsp3) is 0.333. The summed E-state index contributed by atoms with van der Waals surface area (Å²) >= 11 is 0. The van der Waals surface area contributed by atoms with E-state index < -0.39 is 0 Å². The van der Waals surface area contributed by atoms with Crippen molar-refractivity contribution in [2.24, 2.45) is 0 Å². The molecular formula is C15H19N3O. The Morgan fingerprint density at radius 1 is 1.21 bits per heavy atom. The van der Waals surface area contributed by atoms with Crippen LogP contribution in [0.25, 0.3) is 0 Å². The van der Waals surface area contributed by atoms with Crippen LogP contribution in [0.5, 0.6) is 5.75 Å². The van der Waals surface area contributed by atoms with Crippen LogP contribution >= 0.6 is 0 Å². The molecule has 0 fully saturated rings. The predicted octanol–water partition coefficient (Wildman–Crippen LogP) is 2.90. The number of para-hydroxylation sites is 1. The summed E-state index contributed by atoms with van der Waals surface area (Å²) in [6.07, 6.45) is 3.53. The molecule has 1 aromatic carbocycles. The molecule has 0 spiro atoms. The molecule has 4 heteroatoms. The molecule has 0 saturated carbocycles. The minimum Gasteiger partial charge on any atom is -0.496 e. The van der Waals surface area contributed by atoms with E-state index in [2.05, 4.69) is 22.2 Å². The van der Waals surface area contributed by atoms with E-state index in [9.17, 15) is 0 Å². The van der Waals surface area contributed by atoms with Gasteiger partial charge in [0.05, 0.1) is 7.11 Å². The maximum absolute atomic E-state index is 5.34. The first-order valence-corrected chi connectivity index (χ1v) is 6.51. The molecule has 1 heterocycles. The number of hydrogen-bond acceptors (Lipinski definition) is 4. The first-order chi connectivity index (χ1) is 9.33. The lowest BCUT2D eigenvalue weighted by molar-refractivity contribution is 0.410. The summed E-state index contributed by atoms with van der Waals surface area (Å²) in [7, 11) is 1.68. The molecule has 0 saturated heterocycles. The van der Waals surface area contributed by atoms with Gasteiger partial charge in [0.15, 0.2) is 0 Å². The van der Waals surface area contributed by atoms with Gasteiger partial charge in [-0.3, -0.25) is 0 Å². The Balaban J connectivity index is 2.14. The molecule has 1 aromatic heterocycles. The van der Waals surface area contributed by atoms with Crippen molar-refractivity contribution in [3.63, 3.8) is 0 Å². The molecule has 100 valence electrons. The topological polar surface area (TPSA) is 47.0 Å². The lowest BCUT2D eigenvalue weighted by Crippen LogP contribution is -2.05. The quantitative estimate of drug-likeness (QED) is 0.864. The second kappa shape index (κ2) is 6.73. The van der Waals surface area contributed by atoms with Crippen molar-refractivity contribution in [1.82, 2.24) is 9.97 Å². The molecule has 2 rings (SSSR count). The highest BCUT2D eigenvalue weighted by Crippen LogP contribution is 2.19. The number of benzene rings is 1. The minimum absolute atomic E-state index is 0.672. The largest absolute Gasteiger partial charge is 0.496 e. The van der Waals surface area contributed by atoms with Gasteiger partial charge in [0.1, 0.15) is 17.4 Å². The summed E-state index contributed by atoms with van der Waals surface area (Å²) in [5, 5.41) is 3.27. The lowest BCUT2D eigenvalue weighted by Gasteiger charge is -2.08. The van der Waals surface area contributed by atoms with Gasteiger partial charge < -0.3 is 10.1 Å². The van der Waals surface area contributed by atoms with E-state index in [-0.39, 0.29) is 0 Å². The van der Waals surface area contributed by atoms with E-state index in [1.54, 1.807) is 13.3 Å². The van der Waals surface area contributed by atoms with Gasteiger partial charge in [-0.05, 0) is 18.6 Å². The predicted molar refractivity (Wildman–Crippen MR) is 76.6 cm³/mol. The lowest BCUT2D eigenvalue weighted by atomic mass is 10.1. The fourth-order valence-corrected chi connectivity index (χ4v) is 1.86. The molecule has 0 amide bonds. The molecule has 0 bridgehead atoms. The molecule has 4 nitrogen and oxygen atoms in total. The average molecular weight is 257 g/mol. The molecule has 1 N–H and O–H groups in total. The SMILES string of the molecule is CCCNc1ccnc(Cc2ccccc2OC)n1. The number of nitrogens with one attached hydrogen (secondary N) is 1. The summed E-state index contributed by atoms with van der Waals surface area (Å²) in [6.45, 7) is 3.05. The molecule has 0 aliphatic heterocycles. The van der Waals surface area contributed by atoms with Crippen LogP contribution in [0.3, 0.4) is 0 Å². The van der Waals surface area contributed by atoms with Crippen molar-refractivity contribution in [2.45, 2.75) is 19.8 Å². The highest BCUT2D eigenvalue weighted by molar-refractivity contribution is 5.37. The molecule has 19 heavy (non-hydrogen) atoms. The summed E-state index contributed by atoms with van der Waals surface area (Å²) in [5.74, 6) is 2.55. The Labute approximate surface area is 113 Å². The third kappa shape index (κ3) is 3.68. The van der Waals surface area contributed by atoms with Gasteiger partial charge in [-0.25, -0.2) is 9.97 Å². The first-order valence-electron chi connectivity index (χ1n) is 6.51. The molecule has 0 atom stereocenters. The number of rotatable bonds is 6. The standard InChI is InChI=1S/C15H19N3O/c1-3-9-16-14-8-10-17-15(18-14)11-12-6-4-5-7-13(12)19-2/h4-8,10H,3,9,11H2,1-2H3,(H,16,17,18). The van der Waals surface area contributed by atoms with E-state index in [0.29, 0.717) is 6.42 Å². The molecule has 2 aromatic rings. The van der Waals surface area contributed by atoms with Crippen LogP contribution in [0.4, 0.5) is 5.82 Å². The van der Waals surface area contributed by atoms with Gasteiger partial charge in [0.2, 0.25) is 0 Å². The normalized spacial score (nSPS) is 10.2. The third-order valence-corrected chi connectivity index (χ3v) is 2.80. The Bertz CT molecular complexity index is 528. The highest BCUT2D eigenvalue weighted by Gasteiger charge is 2.05. The molecule has 0 aliphatic rings. The number of ether oxygens (including phenoxy) is 1. The third-order valence-electron chi connectivity index (χ3n) is 2.80. The monoisotopic (exact) mass is 257 g/mol. The van der Waals surface area contributed by atoms with Gasteiger partial charge in [-0.2, -0.15) is 0 Å². The van der Waals surface area contributed by atoms with Crippen molar-refractivity contribution in [2.75, 3.05) is 19.0 Å². The number of nitrogens with zero attached hydrogens (tertiary/aromatic N) is 2. The smallest absolute Gasteiger partial charge is 0.135 e. The fourth-order valence-electron chi connectivity index (χ4n) is 1.86. The maximum atomic E-state index is 5.34. The van der Waals surface area contributed by atoms with E-state index in [1.165, 1.54) is 0 Å². The van der Waals surface area contributed by atoms with Crippen LogP contribution < -0.4 is 10.1 Å². The van der Waals surface area contributed by atoms with E-state index in [1.807, 2.05) is 30.3 Å². The summed E-state index contributed by atoms with van der Waals surface area (Å²) in [6, 6.07) is 9.84.